The van der Waals surface area contributed by atoms with Gasteiger partial charge in [-0.05, 0) is 51.2 Å². The van der Waals surface area contributed by atoms with E-state index in [1.807, 2.05) is 0 Å². The van der Waals surface area contributed by atoms with Crippen molar-refractivity contribution in [2.75, 3.05) is 13.1 Å². The van der Waals surface area contributed by atoms with E-state index >= 15 is 0 Å². The molecule has 0 unspecified atom stereocenters. The minimum atomic E-state index is -3.28. The molecule has 1 aliphatic heterocycles. The molecule has 0 aliphatic carbocycles. The zero-order chi connectivity index (χ0) is 15.7. The second-order valence-corrected chi connectivity index (χ2v) is 9.51. The second kappa shape index (κ2) is 6.02. The van der Waals surface area contributed by atoms with Gasteiger partial charge in [-0.3, -0.25) is 4.79 Å². The van der Waals surface area contributed by atoms with Crippen molar-refractivity contribution in [3.63, 3.8) is 0 Å². The Morgan fingerprint density at radius 2 is 2.00 bits per heavy atom. The SMILES string of the molecule is CC(C)(C)S(=O)(=O)N1CCC(NC(=O)c2ccsn2)CC1. The van der Waals surface area contributed by atoms with Crippen LogP contribution in [0.25, 0.3) is 0 Å². The van der Waals surface area contributed by atoms with Crippen molar-refractivity contribution in [2.24, 2.45) is 0 Å². The Kier molecular flexibility index (Phi) is 4.69. The topological polar surface area (TPSA) is 79.4 Å². The summed E-state index contributed by atoms with van der Waals surface area (Å²) >= 11 is 1.24. The average Bonchev–Trinajstić information content (AvgIpc) is 2.92. The molecule has 0 radical (unpaired) electrons. The van der Waals surface area contributed by atoms with Crippen LogP contribution in [-0.2, 0) is 10.0 Å². The number of sulfonamides is 1. The molecule has 6 nitrogen and oxygen atoms in total. The van der Waals surface area contributed by atoms with Crippen molar-refractivity contribution in [1.29, 1.82) is 0 Å². The summed E-state index contributed by atoms with van der Waals surface area (Å²) < 4.78 is 29.4. The zero-order valence-electron chi connectivity index (χ0n) is 12.5. The van der Waals surface area contributed by atoms with Gasteiger partial charge in [-0.1, -0.05) is 0 Å². The third-order valence-electron chi connectivity index (χ3n) is 3.57. The van der Waals surface area contributed by atoms with E-state index in [1.54, 1.807) is 32.2 Å². The number of nitrogens with zero attached hydrogens (tertiary/aromatic N) is 2. The summed E-state index contributed by atoms with van der Waals surface area (Å²) in [5.41, 5.74) is 0.421. The monoisotopic (exact) mass is 331 g/mol. The second-order valence-electron chi connectivity index (χ2n) is 6.15. The molecule has 2 rings (SSSR count). The largest absolute Gasteiger partial charge is 0.348 e. The number of hydrogen-bond acceptors (Lipinski definition) is 5. The molecule has 1 aliphatic rings. The fourth-order valence-electron chi connectivity index (χ4n) is 2.22. The van der Waals surface area contributed by atoms with E-state index in [9.17, 15) is 13.2 Å². The molecular formula is C13H21N3O3S2. The lowest BCUT2D eigenvalue weighted by Crippen LogP contribution is -2.50. The number of hydrogen-bond donors (Lipinski definition) is 1. The van der Waals surface area contributed by atoms with Gasteiger partial charge in [0.2, 0.25) is 10.0 Å². The van der Waals surface area contributed by atoms with Gasteiger partial charge < -0.3 is 5.32 Å². The number of carbonyl (C=O) groups is 1. The lowest BCUT2D eigenvalue weighted by atomic mass is 10.1. The van der Waals surface area contributed by atoms with Crippen molar-refractivity contribution in [1.82, 2.24) is 14.0 Å². The Morgan fingerprint density at radius 3 is 2.48 bits per heavy atom. The molecule has 0 saturated carbocycles. The van der Waals surface area contributed by atoms with Crippen LogP contribution in [0.5, 0.6) is 0 Å². The van der Waals surface area contributed by atoms with Gasteiger partial charge in [0.1, 0.15) is 5.69 Å². The lowest BCUT2D eigenvalue weighted by Gasteiger charge is -2.35. The zero-order valence-corrected chi connectivity index (χ0v) is 14.1. The first-order chi connectivity index (χ1) is 9.72. The van der Waals surface area contributed by atoms with Gasteiger partial charge in [-0.15, -0.1) is 0 Å². The summed E-state index contributed by atoms with van der Waals surface area (Å²) in [5.74, 6) is -0.187. The van der Waals surface area contributed by atoms with Crippen molar-refractivity contribution in [2.45, 2.75) is 44.4 Å². The van der Waals surface area contributed by atoms with Crippen molar-refractivity contribution >= 4 is 27.5 Å². The van der Waals surface area contributed by atoms with Gasteiger partial charge in [0.25, 0.3) is 5.91 Å². The van der Waals surface area contributed by atoms with Crippen LogP contribution >= 0.6 is 11.5 Å². The molecule has 1 amide bonds. The van der Waals surface area contributed by atoms with E-state index in [2.05, 4.69) is 9.69 Å². The molecule has 8 heteroatoms. The summed E-state index contributed by atoms with van der Waals surface area (Å²) in [6.45, 7) is 6.01. The Labute approximate surface area is 129 Å². The molecule has 21 heavy (non-hydrogen) atoms. The van der Waals surface area contributed by atoms with Crippen LogP contribution in [0.1, 0.15) is 44.1 Å². The highest BCUT2D eigenvalue weighted by Gasteiger charge is 2.37. The predicted molar refractivity (Wildman–Crippen MR) is 82.8 cm³/mol. The molecule has 1 fully saturated rings. The van der Waals surface area contributed by atoms with Crippen LogP contribution in [0.2, 0.25) is 0 Å². The first-order valence-corrected chi connectivity index (χ1v) is 9.20. The van der Waals surface area contributed by atoms with Gasteiger partial charge in [0.05, 0.1) is 4.75 Å². The van der Waals surface area contributed by atoms with Crippen molar-refractivity contribution in [3.05, 3.63) is 17.1 Å². The third-order valence-corrected chi connectivity index (χ3v) is 6.73. The fraction of sp³-hybridized carbons (Fsp3) is 0.692. The van der Waals surface area contributed by atoms with E-state index in [-0.39, 0.29) is 11.9 Å². The third kappa shape index (κ3) is 3.61. The highest BCUT2D eigenvalue weighted by molar-refractivity contribution is 7.90. The summed E-state index contributed by atoms with van der Waals surface area (Å²) in [6.07, 6.45) is 1.26. The van der Waals surface area contributed by atoms with E-state index in [1.165, 1.54) is 15.8 Å². The normalized spacial score (nSPS) is 18.6. The lowest BCUT2D eigenvalue weighted by molar-refractivity contribution is 0.0919. The Hall–Kier alpha value is -0.990. The number of amides is 1. The number of carbonyl (C=O) groups excluding carboxylic acids is 1. The maximum Gasteiger partial charge on any atom is 0.271 e. The van der Waals surface area contributed by atoms with Crippen molar-refractivity contribution in [3.8, 4) is 0 Å². The van der Waals surface area contributed by atoms with Gasteiger partial charge >= 0.3 is 0 Å². The molecule has 0 aromatic carbocycles. The Bertz CT molecular complexity index is 583. The van der Waals surface area contributed by atoms with Crippen molar-refractivity contribution < 1.29 is 13.2 Å². The smallest absolute Gasteiger partial charge is 0.271 e. The van der Waals surface area contributed by atoms with Gasteiger partial charge in [-0.2, -0.15) is 4.37 Å². The van der Waals surface area contributed by atoms with Crippen LogP contribution in [0, 0.1) is 0 Å². The maximum absolute atomic E-state index is 12.4. The molecule has 1 saturated heterocycles. The summed E-state index contributed by atoms with van der Waals surface area (Å²) in [5, 5.41) is 4.67. The standard InChI is InChI=1S/C13H21N3O3S2/c1-13(2,3)21(18,19)16-7-4-10(5-8-16)14-12(17)11-6-9-20-15-11/h6,9-10H,4-5,7-8H2,1-3H3,(H,14,17). The first kappa shape index (κ1) is 16.4. The van der Waals surface area contributed by atoms with Gasteiger partial charge in [0, 0.05) is 24.5 Å². The van der Waals surface area contributed by atoms with Gasteiger partial charge in [-0.25, -0.2) is 12.7 Å². The Morgan fingerprint density at radius 1 is 1.38 bits per heavy atom. The summed E-state index contributed by atoms with van der Waals surface area (Å²) in [6, 6.07) is 1.68. The molecule has 118 valence electrons. The van der Waals surface area contributed by atoms with E-state index in [4.69, 9.17) is 0 Å². The van der Waals surface area contributed by atoms with E-state index in [0.717, 1.165) is 0 Å². The molecular weight excluding hydrogens is 310 g/mol. The fourth-order valence-corrected chi connectivity index (χ4v) is 4.19. The first-order valence-electron chi connectivity index (χ1n) is 6.93. The average molecular weight is 331 g/mol. The molecule has 0 spiro atoms. The summed E-state index contributed by atoms with van der Waals surface area (Å²) in [4.78, 5) is 11.9. The maximum atomic E-state index is 12.4. The number of nitrogens with one attached hydrogen (secondary N) is 1. The highest BCUT2D eigenvalue weighted by Crippen LogP contribution is 2.24. The molecule has 0 bridgehead atoms. The van der Waals surface area contributed by atoms with Crippen LogP contribution in [0.3, 0.4) is 0 Å². The molecule has 1 aromatic rings. The number of rotatable bonds is 3. The van der Waals surface area contributed by atoms with Crippen LogP contribution in [0.4, 0.5) is 0 Å². The highest BCUT2D eigenvalue weighted by atomic mass is 32.2. The molecule has 1 aromatic heterocycles. The minimum Gasteiger partial charge on any atom is -0.348 e. The Balaban J connectivity index is 1.91. The number of aromatic nitrogens is 1. The van der Waals surface area contributed by atoms with Gasteiger partial charge in [0.15, 0.2) is 0 Å². The molecule has 2 heterocycles. The van der Waals surface area contributed by atoms with E-state index < -0.39 is 14.8 Å². The minimum absolute atomic E-state index is 0.00520. The summed E-state index contributed by atoms with van der Waals surface area (Å²) in [7, 11) is -3.28. The predicted octanol–water partition coefficient (Wildman–Crippen LogP) is 1.47. The quantitative estimate of drug-likeness (QED) is 0.909. The molecule has 1 N–H and O–H groups in total. The van der Waals surface area contributed by atoms with E-state index in [0.29, 0.717) is 31.6 Å². The van der Waals surface area contributed by atoms with Crippen LogP contribution in [-0.4, -0.2) is 46.9 Å². The number of piperidine rings is 1. The van der Waals surface area contributed by atoms with Crippen LogP contribution < -0.4 is 5.32 Å². The van der Waals surface area contributed by atoms with Crippen LogP contribution in [0.15, 0.2) is 11.4 Å². The molecule has 0 atom stereocenters.